The number of halogens is 1. The minimum Gasteiger partial charge on any atom is -0.378 e. The van der Waals surface area contributed by atoms with Crippen molar-refractivity contribution >= 4 is 34.1 Å². The Bertz CT molecular complexity index is 1470. The Labute approximate surface area is 199 Å². The highest BCUT2D eigenvalue weighted by atomic mass is 19.1. The number of aromatic nitrogens is 6. The van der Waals surface area contributed by atoms with Crippen molar-refractivity contribution in [1.29, 1.82) is 0 Å². The van der Waals surface area contributed by atoms with Crippen LogP contribution in [-0.2, 0) is 21.5 Å². The summed E-state index contributed by atoms with van der Waals surface area (Å²) >= 11 is 0. The molecule has 12 heteroatoms. The number of ether oxygens (including phenoxy) is 1. The third-order valence-electron chi connectivity index (χ3n) is 5.78. The smallest absolute Gasteiger partial charge is 0.336 e. The van der Waals surface area contributed by atoms with Crippen molar-refractivity contribution in [1.82, 2.24) is 29.1 Å². The molecule has 1 saturated heterocycles. The summed E-state index contributed by atoms with van der Waals surface area (Å²) in [6.07, 6.45) is 2.74. The normalized spacial score (nSPS) is 14.6. The van der Waals surface area contributed by atoms with Crippen molar-refractivity contribution in [2.45, 2.75) is 32.7 Å². The summed E-state index contributed by atoms with van der Waals surface area (Å²) < 4.78 is 21.4. The highest BCUT2D eigenvalue weighted by Gasteiger charge is 2.26. The van der Waals surface area contributed by atoms with Crippen LogP contribution in [0, 0.1) is 5.82 Å². The summed E-state index contributed by atoms with van der Waals surface area (Å²) in [5.74, 6) is -0.358. The van der Waals surface area contributed by atoms with Gasteiger partial charge in [0.1, 0.15) is 29.5 Å². The molecular weight excluding hydrogens is 455 g/mol. The zero-order valence-corrected chi connectivity index (χ0v) is 19.7. The second kappa shape index (κ2) is 8.69. The average Bonchev–Trinajstić information content (AvgIpc) is 3.30. The van der Waals surface area contributed by atoms with Crippen LogP contribution in [0.1, 0.15) is 26.6 Å². The monoisotopic (exact) mass is 480 g/mol. The van der Waals surface area contributed by atoms with E-state index >= 15 is 0 Å². The van der Waals surface area contributed by atoms with Crippen molar-refractivity contribution in [3.05, 3.63) is 52.7 Å². The summed E-state index contributed by atoms with van der Waals surface area (Å²) in [6, 6.07) is 4.39. The van der Waals surface area contributed by atoms with Gasteiger partial charge >= 0.3 is 5.69 Å². The van der Waals surface area contributed by atoms with Gasteiger partial charge in [-0.25, -0.2) is 23.6 Å². The quantitative estimate of drug-likeness (QED) is 0.469. The van der Waals surface area contributed by atoms with Crippen molar-refractivity contribution in [2.75, 3.05) is 36.5 Å². The largest absolute Gasteiger partial charge is 0.378 e. The van der Waals surface area contributed by atoms with E-state index in [2.05, 4.69) is 30.4 Å². The van der Waals surface area contributed by atoms with Crippen molar-refractivity contribution in [2.24, 2.45) is 0 Å². The topological polar surface area (TPSA) is 120 Å². The standard InChI is InChI=1S/C23H25FN8O3/c1-23(2,3)21-29-28-20-19-16(10-15(12-26-19)30-6-8-35-9-7-30)31(22(34)32(20)21)13-18(33)27-17-5-4-14(24)11-25-17/h4-5,10-12H,6-9,13H2,1-3H3,(H,25,27,33). The fourth-order valence-electron chi connectivity index (χ4n) is 4.07. The Balaban J connectivity index is 1.65. The summed E-state index contributed by atoms with van der Waals surface area (Å²) in [7, 11) is 0. The Hall–Kier alpha value is -3.93. The van der Waals surface area contributed by atoms with Crippen LogP contribution in [0.15, 0.2) is 35.4 Å². The van der Waals surface area contributed by atoms with Gasteiger partial charge in [0.15, 0.2) is 5.65 Å². The van der Waals surface area contributed by atoms with Gasteiger partial charge in [-0.05, 0) is 18.2 Å². The number of carbonyl (C=O) groups excluding carboxylic acids is 1. The van der Waals surface area contributed by atoms with Crippen LogP contribution in [0.4, 0.5) is 15.9 Å². The van der Waals surface area contributed by atoms with Gasteiger partial charge in [0.2, 0.25) is 5.91 Å². The molecule has 1 aliphatic heterocycles. The SMILES string of the molecule is CC(C)(C)c1nnc2c3ncc(N4CCOCC4)cc3n(CC(=O)Nc3ccc(F)cn3)c(=O)n12. The molecule has 0 aromatic carbocycles. The number of carbonyl (C=O) groups is 1. The number of amides is 1. The maximum Gasteiger partial charge on any atom is 0.336 e. The number of hydrogen-bond donors (Lipinski definition) is 1. The Morgan fingerprint density at radius 1 is 1.14 bits per heavy atom. The molecule has 0 unspecified atom stereocenters. The molecule has 0 radical (unpaired) electrons. The van der Waals surface area contributed by atoms with Crippen LogP contribution in [0.5, 0.6) is 0 Å². The third kappa shape index (κ3) is 4.32. The minimum absolute atomic E-state index is 0.182. The fraction of sp³-hybridized carbons (Fsp3) is 0.391. The van der Waals surface area contributed by atoms with Crippen LogP contribution in [0.2, 0.25) is 0 Å². The average molecular weight is 481 g/mol. The molecule has 1 aliphatic rings. The first-order valence-corrected chi connectivity index (χ1v) is 11.2. The van der Waals surface area contributed by atoms with Gasteiger partial charge in [-0.3, -0.25) is 9.36 Å². The Kier molecular flexibility index (Phi) is 5.67. The molecule has 35 heavy (non-hydrogen) atoms. The number of hydrogen-bond acceptors (Lipinski definition) is 8. The van der Waals surface area contributed by atoms with Crippen LogP contribution in [0.3, 0.4) is 0 Å². The van der Waals surface area contributed by atoms with E-state index in [-0.39, 0.29) is 12.4 Å². The molecule has 182 valence electrons. The molecule has 1 amide bonds. The molecule has 0 spiro atoms. The van der Waals surface area contributed by atoms with Crippen molar-refractivity contribution < 1.29 is 13.9 Å². The molecule has 11 nitrogen and oxygen atoms in total. The third-order valence-corrected chi connectivity index (χ3v) is 5.78. The molecular formula is C23H25FN8O3. The molecule has 1 N–H and O–H groups in total. The number of pyridine rings is 2. The number of morpholine rings is 1. The molecule has 4 aromatic rings. The van der Waals surface area contributed by atoms with Gasteiger partial charge in [-0.2, -0.15) is 0 Å². The summed E-state index contributed by atoms with van der Waals surface area (Å²) in [5.41, 5.74) is 1.14. The molecule has 0 bridgehead atoms. The first-order valence-electron chi connectivity index (χ1n) is 11.2. The van der Waals surface area contributed by atoms with E-state index in [4.69, 9.17) is 4.74 Å². The maximum absolute atomic E-state index is 13.7. The number of nitrogens with one attached hydrogen (secondary N) is 1. The van der Waals surface area contributed by atoms with E-state index in [0.717, 1.165) is 11.9 Å². The lowest BCUT2D eigenvalue weighted by molar-refractivity contribution is -0.116. The predicted molar refractivity (Wildman–Crippen MR) is 127 cm³/mol. The van der Waals surface area contributed by atoms with Gasteiger partial charge in [-0.15, -0.1) is 10.2 Å². The van der Waals surface area contributed by atoms with Crippen LogP contribution < -0.4 is 15.9 Å². The molecule has 5 heterocycles. The van der Waals surface area contributed by atoms with E-state index in [1.54, 1.807) is 6.20 Å². The van der Waals surface area contributed by atoms with E-state index in [1.807, 2.05) is 26.8 Å². The minimum atomic E-state index is -0.514. The van der Waals surface area contributed by atoms with E-state index in [0.29, 0.717) is 48.8 Å². The number of anilines is 2. The van der Waals surface area contributed by atoms with Crippen LogP contribution in [-0.4, -0.2) is 61.3 Å². The van der Waals surface area contributed by atoms with Gasteiger partial charge in [0, 0.05) is 18.5 Å². The van der Waals surface area contributed by atoms with Crippen molar-refractivity contribution in [3.8, 4) is 0 Å². The van der Waals surface area contributed by atoms with E-state index in [1.165, 1.54) is 21.1 Å². The zero-order chi connectivity index (χ0) is 24.7. The molecule has 5 rings (SSSR count). The Morgan fingerprint density at radius 3 is 2.60 bits per heavy atom. The van der Waals surface area contributed by atoms with Gasteiger partial charge in [0.25, 0.3) is 0 Å². The Morgan fingerprint density at radius 2 is 1.91 bits per heavy atom. The summed E-state index contributed by atoms with van der Waals surface area (Å²) in [4.78, 5) is 37.2. The van der Waals surface area contributed by atoms with Gasteiger partial charge in [-0.1, -0.05) is 20.8 Å². The first kappa shape index (κ1) is 22.8. The lowest BCUT2D eigenvalue weighted by Crippen LogP contribution is -2.37. The number of rotatable bonds is 4. The number of fused-ring (bicyclic) bond motifs is 3. The van der Waals surface area contributed by atoms with Crippen LogP contribution in [0.25, 0.3) is 16.7 Å². The molecule has 1 fully saturated rings. The van der Waals surface area contributed by atoms with E-state index < -0.39 is 22.8 Å². The van der Waals surface area contributed by atoms with Crippen molar-refractivity contribution in [3.63, 3.8) is 0 Å². The highest BCUT2D eigenvalue weighted by Crippen LogP contribution is 2.25. The van der Waals surface area contributed by atoms with Crippen LogP contribution >= 0.6 is 0 Å². The lowest BCUT2D eigenvalue weighted by atomic mass is 9.96. The number of nitrogens with zero attached hydrogens (tertiary/aromatic N) is 7. The second-order valence-corrected chi connectivity index (χ2v) is 9.37. The summed E-state index contributed by atoms with van der Waals surface area (Å²) in [6.45, 7) is 8.05. The van der Waals surface area contributed by atoms with Gasteiger partial charge in [0.05, 0.1) is 36.8 Å². The molecule has 4 aromatic heterocycles. The zero-order valence-electron chi connectivity index (χ0n) is 19.7. The molecule has 0 atom stereocenters. The highest BCUT2D eigenvalue weighted by molar-refractivity contribution is 5.93. The predicted octanol–water partition coefficient (Wildman–Crippen LogP) is 1.75. The maximum atomic E-state index is 13.7. The van der Waals surface area contributed by atoms with E-state index in [9.17, 15) is 14.0 Å². The molecule has 0 saturated carbocycles. The summed E-state index contributed by atoms with van der Waals surface area (Å²) in [5, 5.41) is 11.2. The first-order chi connectivity index (χ1) is 16.7. The second-order valence-electron chi connectivity index (χ2n) is 9.37. The van der Waals surface area contributed by atoms with Gasteiger partial charge < -0.3 is 15.0 Å². The molecule has 0 aliphatic carbocycles. The lowest BCUT2D eigenvalue weighted by Gasteiger charge is -2.28. The fourth-order valence-corrected chi connectivity index (χ4v) is 4.07.